The summed E-state index contributed by atoms with van der Waals surface area (Å²) >= 11 is 5.86. The Balaban J connectivity index is 1.61. The molecule has 1 heterocycles. The molecule has 1 amide bonds. The molecule has 140 valence electrons. The van der Waals surface area contributed by atoms with Gasteiger partial charge in [0.15, 0.2) is 0 Å². The van der Waals surface area contributed by atoms with Gasteiger partial charge in [-0.1, -0.05) is 41.9 Å². The zero-order valence-electron chi connectivity index (χ0n) is 14.9. The number of tetrazole rings is 1. The first-order valence-electron chi connectivity index (χ1n) is 8.53. The van der Waals surface area contributed by atoms with E-state index in [1.165, 1.54) is 11.0 Å². The van der Waals surface area contributed by atoms with Gasteiger partial charge in [-0.15, -0.1) is 5.10 Å². The molecule has 1 atom stereocenters. The molecule has 0 radical (unpaired) electrons. The molecular formula is C19H20ClN5O2. The van der Waals surface area contributed by atoms with E-state index < -0.39 is 6.04 Å². The summed E-state index contributed by atoms with van der Waals surface area (Å²) in [5.41, 5.74) is 1.04. The van der Waals surface area contributed by atoms with E-state index in [1.807, 2.05) is 30.3 Å². The molecule has 0 aliphatic carbocycles. The minimum atomic E-state index is -0.511. The third kappa shape index (κ3) is 5.27. The van der Waals surface area contributed by atoms with Crippen LogP contribution in [0.2, 0.25) is 5.02 Å². The Morgan fingerprint density at radius 1 is 1.19 bits per heavy atom. The van der Waals surface area contributed by atoms with Crippen LogP contribution in [0, 0.1) is 0 Å². The summed E-state index contributed by atoms with van der Waals surface area (Å²) in [5.74, 6) is 0.632. The zero-order chi connectivity index (χ0) is 19.1. The van der Waals surface area contributed by atoms with Gasteiger partial charge in [0.1, 0.15) is 24.7 Å². The van der Waals surface area contributed by atoms with Crippen LogP contribution in [0.5, 0.6) is 5.75 Å². The van der Waals surface area contributed by atoms with Crippen molar-refractivity contribution in [3.05, 3.63) is 71.5 Å². The Morgan fingerprint density at radius 3 is 2.59 bits per heavy atom. The number of ether oxygens (including phenoxy) is 1. The van der Waals surface area contributed by atoms with Gasteiger partial charge in [0, 0.05) is 18.5 Å². The number of nitrogens with zero attached hydrogens (tertiary/aromatic N) is 5. The van der Waals surface area contributed by atoms with Crippen molar-refractivity contribution in [2.45, 2.75) is 12.5 Å². The molecule has 2 aromatic carbocycles. The molecule has 27 heavy (non-hydrogen) atoms. The highest BCUT2D eigenvalue weighted by molar-refractivity contribution is 6.30. The van der Waals surface area contributed by atoms with E-state index in [2.05, 4.69) is 15.5 Å². The van der Waals surface area contributed by atoms with Crippen molar-refractivity contribution in [2.75, 3.05) is 20.2 Å². The highest BCUT2D eigenvalue weighted by Crippen LogP contribution is 2.17. The van der Waals surface area contributed by atoms with Crippen LogP contribution < -0.4 is 4.74 Å². The predicted molar refractivity (Wildman–Crippen MR) is 102 cm³/mol. The van der Waals surface area contributed by atoms with Crippen LogP contribution in [0.4, 0.5) is 0 Å². The number of rotatable bonds is 8. The predicted octanol–water partition coefficient (Wildman–Crippen LogP) is 2.65. The summed E-state index contributed by atoms with van der Waals surface area (Å²) in [6, 6.07) is 16.4. The minimum Gasteiger partial charge on any atom is -0.492 e. The molecule has 0 spiro atoms. The lowest BCUT2D eigenvalue weighted by Crippen LogP contribution is -2.38. The SMILES string of the molecule is CN(CCOc1ccc(Cl)cc1)C(=O)[C@H](Cc1ccccc1)n1cnnn1. The van der Waals surface area contributed by atoms with Gasteiger partial charge in [0.2, 0.25) is 5.91 Å². The Labute approximate surface area is 162 Å². The van der Waals surface area contributed by atoms with E-state index in [4.69, 9.17) is 16.3 Å². The Morgan fingerprint density at radius 2 is 1.93 bits per heavy atom. The lowest BCUT2D eigenvalue weighted by atomic mass is 10.1. The average Bonchev–Trinajstić information content (AvgIpc) is 3.22. The van der Waals surface area contributed by atoms with E-state index in [0.29, 0.717) is 30.3 Å². The van der Waals surface area contributed by atoms with Gasteiger partial charge in [0.05, 0.1) is 6.54 Å². The van der Waals surface area contributed by atoms with Crippen LogP contribution in [0.25, 0.3) is 0 Å². The number of carbonyl (C=O) groups excluding carboxylic acids is 1. The zero-order valence-corrected chi connectivity index (χ0v) is 15.7. The molecule has 0 aliphatic rings. The monoisotopic (exact) mass is 385 g/mol. The second kappa shape index (κ2) is 9.14. The third-order valence-electron chi connectivity index (χ3n) is 4.13. The first-order chi connectivity index (χ1) is 13.1. The van der Waals surface area contributed by atoms with Gasteiger partial charge in [-0.05, 0) is 40.3 Å². The normalized spacial score (nSPS) is 11.8. The molecule has 3 aromatic rings. The molecule has 0 saturated carbocycles. The summed E-state index contributed by atoms with van der Waals surface area (Å²) in [6.45, 7) is 0.812. The maximum Gasteiger partial charge on any atom is 0.247 e. The van der Waals surface area contributed by atoms with Gasteiger partial charge in [-0.3, -0.25) is 4.79 Å². The van der Waals surface area contributed by atoms with Gasteiger partial charge in [0.25, 0.3) is 0 Å². The maximum atomic E-state index is 13.0. The fraction of sp³-hybridized carbons (Fsp3) is 0.263. The number of carbonyl (C=O) groups is 1. The smallest absolute Gasteiger partial charge is 0.247 e. The summed E-state index contributed by atoms with van der Waals surface area (Å²) in [5, 5.41) is 11.9. The molecule has 0 unspecified atom stereocenters. The van der Waals surface area contributed by atoms with Gasteiger partial charge < -0.3 is 9.64 Å². The van der Waals surface area contributed by atoms with Crippen molar-refractivity contribution >= 4 is 17.5 Å². The van der Waals surface area contributed by atoms with E-state index >= 15 is 0 Å². The highest BCUT2D eigenvalue weighted by atomic mass is 35.5. The number of aromatic nitrogens is 4. The number of hydrogen-bond acceptors (Lipinski definition) is 5. The van der Waals surface area contributed by atoms with E-state index in [1.54, 1.807) is 36.2 Å². The number of benzene rings is 2. The summed E-state index contributed by atoms with van der Waals surface area (Å²) in [6.07, 6.45) is 1.97. The molecule has 0 N–H and O–H groups in total. The quantitative estimate of drug-likeness (QED) is 0.596. The number of amides is 1. The second-order valence-electron chi connectivity index (χ2n) is 6.06. The standard InChI is InChI=1S/C19H20ClN5O2/c1-24(11-12-27-17-9-7-16(20)8-10-17)19(26)18(25-14-21-22-23-25)13-15-5-3-2-4-6-15/h2-10,14,18H,11-13H2,1H3/t18-/m0/s1. The van der Waals surface area contributed by atoms with Gasteiger partial charge in [-0.2, -0.15) is 0 Å². The minimum absolute atomic E-state index is 0.0779. The number of halogens is 1. The number of hydrogen-bond donors (Lipinski definition) is 0. The molecule has 1 aromatic heterocycles. The molecular weight excluding hydrogens is 366 g/mol. The van der Waals surface area contributed by atoms with E-state index in [0.717, 1.165) is 5.56 Å². The van der Waals surface area contributed by atoms with Crippen LogP contribution in [0.1, 0.15) is 11.6 Å². The number of likely N-dealkylation sites (N-methyl/N-ethyl adjacent to an activating group) is 1. The van der Waals surface area contributed by atoms with Crippen molar-refractivity contribution in [3.8, 4) is 5.75 Å². The first-order valence-corrected chi connectivity index (χ1v) is 8.91. The lowest BCUT2D eigenvalue weighted by molar-refractivity contribution is -0.134. The highest BCUT2D eigenvalue weighted by Gasteiger charge is 2.25. The Kier molecular flexibility index (Phi) is 6.38. The summed E-state index contributed by atoms with van der Waals surface area (Å²) in [7, 11) is 1.75. The van der Waals surface area contributed by atoms with Crippen LogP contribution in [0.15, 0.2) is 60.9 Å². The molecule has 7 nitrogen and oxygen atoms in total. The van der Waals surface area contributed by atoms with Crippen molar-refractivity contribution in [1.29, 1.82) is 0 Å². The lowest BCUT2D eigenvalue weighted by Gasteiger charge is -2.23. The maximum absolute atomic E-state index is 13.0. The van der Waals surface area contributed by atoms with Crippen LogP contribution >= 0.6 is 11.6 Å². The van der Waals surface area contributed by atoms with Gasteiger partial charge >= 0.3 is 0 Å². The molecule has 0 saturated heterocycles. The second-order valence-corrected chi connectivity index (χ2v) is 6.49. The van der Waals surface area contributed by atoms with E-state index in [9.17, 15) is 4.79 Å². The topological polar surface area (TPSA) is 73.1 Å². The Hall–Kier alpha value is -2.93. The van der Waals surface area contributed by atoms with Crippen molar-refractivity contribution in [3.63, 3.8) is 0 Å². The van der Waals surface area contributed by atoms with Gasteiger partial charge in [-0.25, -0.2) is 4.68 Å². The van der Waals surface area contributed by atoms with Crippen LogP contribution in [-0.2, 0) is 11.2 Å². The largest absolute Gasteiger partial charge is 0.492 e. The molecule has 0 fully saturated rings. The van der Waals surface area contributed by atoms with E-state index in [-0.39, 0.29) is 5.91 Å². The molecule has 0 aliphatic heterocycles. The summed E-state index contributed by atoms with van der Waals surface area (Å²) in [4.78, 5) is 14.6. The average molecular weight is 386 g/mol. The fourth-order valence-corrected chi connectivity index (χ4v) is 2.76. The third-order valence-corrected chi connectivity index (χ3v) is 4.38. The van der Waals surface area contributed by atoms with Crippen LogP contribution in [-0.4, -0.2) is 51.2 Å². The van der Waals surface area contributed by atoms with Crippen molar-refractivity contribution in [1.82, 2.24) is 25.1 Å². The fourth-order valence-electron chi connectivity index (χ4n) is 2.64. The first kappa shape index (κ1) is 18.8. The van der Waals surface area contributed by atoms with Crippen molar-refractivity contribution in [2.24, 2.45) is 0 Å². The summed E-state index contributed by atoms with van der Waals surface area (Å²) < 4.78 is 7.16. The molecule has 8 heteroatoms. The Bertz CT molecular complexity index is 840. The van der Waals surface area contributed by atoms with Crippen LogP contribution in [0.3, 0.4) is 0 Å². The molecule has 3 rings (SSSR count). The van der Waals surface area contributed by atoms with Crippen molar-refractivity contribution < 1.29 is 9.53 Å². The molecule has 0 bridgehead atoms.